The van der Waals surface area contributed by atoms with Crippen LogP contribution in [0, 0.1) is 21.6 Å². The lowest BCUT2D eigenvalue weighted by molar-refractivity contribution is 0.262. The summed E-state index contributed by atoms with van der Waals surface area (Å²) in [5, 5.41) is 49.6. The molecule has 0 radical (unpaired) electrons. The highest BCUT2D eigenvalue weighted by atomic mass is 16.2. The summed E-state index contributed by atoms with van der Waals surface area (Å²) in [6, 6.07) is 27.9. The summed E-state index contributed by atoms with van der Waals surface area (Å²) in [5.41, 5.74) is 5.40. The molecule has 42 heavy (non-hydrogen) atoms. The standard InChI is InChI=1S/C31H32N10O/c1-36-27(32)19-3-11-23(12-4-19)38-29(34)21-7-13-24(14-8-21)39-30(35)22-9-17-26(18-10-22)41-31(42)40-25-15-5-20(6-16-25)28(33)37-2/h3-18H,1-2H3,(H2,32,36)(H2,33,37)(H2,34,38)(H2,35,39)(H2,40,41,42). The van der Waals surface area contributed by atoms with Gasteiger partial charge in [0.15, 0.2) is 0 Å². The molecule has 10 N–H and O–H groups in total. The number of carbonyl (C=O) groups is 1. The normalized spacial score (nSPS) is 10.1. The topological polar surface area (TPSA) is 185 Å². The minimum absolute atomic E-state index is 0.186. The summed E-state index contributed by atoms with van der Waals surface area (Å²) in [7, 11) is 3.38. The van der Waals surface area contributed by atoms with E-state index in [-0.39, 0.29) is 11.7 Å². The highest BCUT2D eigenvalue weighted by Gasteiger charge is 2.08. The Bertz CT molecular complexity index is 1590. The van der Waals surface area contributed by atoms with Gasteiger partial charge in [-0.05, 0) is 97.1 Å². The molecule has 0 atom stereocenters. The Hall–Kier alpha value is -5.97. The maximum Gasteiger partial charge on any atom is 0.323 e. The van der Waals surface area contributed by atoms with E-state index in [4.69, 9.17) is 21.6 Å². The van der Waals surface area contributed by atoms with Gasteiger partial charge in [0.1, 0.15) is 23.3 Å². The third-order valence-corrected chi connectivity index (χ3v) is 6.25. The molecule has 0 aliphatic carbocycles. The highest BCUT2D eigenvalue weighted by Crippen LogP contribution is 2.17. The molecule has 4 aromatic rings. The van der Waals surface area contributed by atoms with E-state index >= 15 is 0 Å². The predicted molar refractivity (Wildman–Crippen MR) is 171 cm³/mol. The second kappa shape index (κ2) is 13.4. The van der Waals surface area contributed by atoms with Gasteiger partial charge in [-0.2, -0.15) is 0 Å². The van der Waals surface area contributed by atoms with Crippen LogP contribution >= 0.6 is 0 Å². The van der Waals surface area contributed by atoms with Crippen molar-refractivity contribution < 1.29 is 4.79 Å². The number of amides is 2. The average Bonchev–Trinajstić information content (AvgIpc) is 3.01. The minimum atomic E-state index is -0.404. The van der Waals surface area contributed by atoms with Gasteiger partial charge in [0.05, 0.1) is 0 Å². The largest absolute Gasteiger partial charge is 0.373 e. The second-order valence-corrected chi connectivity index (χ2v) is 9.14. The van der Waals surface area contributed by atoms with Gasteiger partial charge in [-0.25, -0.2) is 4.79 Å². The highest BCUT2D eigenvalue weighted by molar-refractivity contribution is 6.08. The van der Waals surface area contributed by atoms with Crippen LogP contribution in [0.1, 0.15) is 22.3 Å². The maximum atomic E-state index is 12.4. The van der Waals surface area contributed by atoms with Gasteiger partial charge in [-0.3, -0.25) is 21.6 Å². The fraction of sp³-hybridized carbons (Fsp3) is 0.0645. The Kier molecular flexibility index (Phi) is 9.26. The lowest BCUT2D eigenvalue weighted by atomic mass is 10.1. The lowest BCUT2D eigenvalue weighted by Gasteiger charge is -2.12. The van der Waals surface area contributed by atoms with Crippen LogP contribution in [-0.2, 0) is 0 Å². The van der Waals surface area contributed by atoms with Crippen LogP contribution < -0.4 is 31.9 Å². The molecule has 0 aliphatic rings. The van der Waals surface area contributed by atoms with E-state index < -0.39 is 6.03 Å². The van der Waals surface area contributed by atoms with Crippen LogP contribution in [-0.4, -0.2) is 43.5 Å². The van der Waals surface area contributed by atoms with Crippen LogP contribution in [0.25, 0.3) is 0 Å². The van der Waals surface area contributed by atoms with Crippen molar-refractivity contribution >= 4 is 52.1 Å². The Morgan fingerprint density at radius 3 is 0.905 bits per heavy atom. The zero-order valence-electron chi connectivity index (χ0n) is 23.1. The van der Waals surface area contributed by atoms with E-state index in [1.807, 2.05) is 24.3 Å². The molecule has 2 amide bonds. The van der Waals surface area contributed by atoms with Gasteiger partial charge in [-0.1, -0.05) is 0 Å². The fourth-order valence-corrected chi connectivity index (χ4v) is 3.90. The monoisotopic (exact) mass is 560 g/mol. The van der Waals surface area contributed by atoms with Crippen LogP contribution in [0.4, 0.5) is 27.5 Å². The van der Waals surface area contributed by atoms with E-state index in [0.717, 1.165) is 11.3 Å². The predicted octanol–water partition coefficient (Wildman–Crippen LogP) is 5.30. The first-order valence-electron chi connectivity index (χ1n) is 13.0. The lowest BCUT2D eigenvalue weighted by Crippen LogP contribution is -2.20. The molecule has 0 fully saturated rings. The summed E-state index contributed by atoms with van der Waals surface area (Å²) in [6.45, 7) is 0. The SMILES string of the molecule is CNC(=N)c1ccc(NC(=N)c2ccc(NC(=N)c3ccc(NC(=O)Nc4ccc(C(=N)NC)cc4)cc3)cc2)cc1. The summed E-state index contributed by atoms with van der Waals surface area (Å²) in [4.78, 5) is 12.4. The molecular formula is C31H32N10O. The zero-order chi connectivity index (χ0) is 30.1. The van der Waals surface area contributed by atoms with Crippen molar-refractivity contribution in [3.8, 4) is 0 Å². The average molecular weight is 561 g/mol. The van der Waals surface area contributed by atoms with E-state index in [9.17, 15) is 4.79 Å². The number of hydrogen-bond acceptors (Lipinski definition) is 5. The van der Waals surface area contributed by atoms with Gasteiger partial charge >= 0.3 is 6.03 Å². The van der Waals surface area contributed by atoms with E-state index in [1.165, 1.54) is 0 Å². The number of urea groups is 1. The van der Waals surface area contributed by atoms with Gasteiger partial charge < -0.3 is 31.9 Å². The van der Waals surface area contributed by atoms with E-state index in [2.05, 4.69) is 31.9 Å². The number of carbonyl (C=O) groups excluding carboxylic acids is 1. The first kappa shape index (κ1) is 29.0. The molecule has 0 aromatic heterocycles. The van der Waals surface area contributed by atoms with E-state index in [0.29, 0.717) is 45.4 Å². The smallest absolute Gasteiger partial charge is 0.323 e. The Morgan fingerprint density at radius 1 is 0.405 bits per heavy atom. The molecule has 0 aliphatic heterocycles. The molecule has 212 valence electrons. The summed E-state index contributed by atoms with van der Waals surface area (Å²) in [5.74, 6) is 1.04. The molecule has 0 saturated carbocycles. The number of hydrogen-bond donors (Lipinski definition) is 10. The molecule has 0 saturated heterocycles. The number of rotatable bonds is 8. The van der Waals surface area contributed by atoms with Crippen molar-refractivity contribution in [3.63, 3.8) is 0 Å². The molecule has 0 unspecified atom stereocenters. The van der Waals surface area contributed by atoms with Crippen LogP contribution in [0.15, 0.2) is 97.1 Å². The number of amidine groups is 4. The summed E-state index contributed by atoms with van der Waals surface area (Å²) in [6.07, 6.45) is 0. The molecule has 0 heterocycles. The minimum Gasteiger partial charge on any atom is -0.373 e. The molecule has 0 bridgehead atoms. The Balaban J connectivity index is 1.27. The van der Waals surface area contributed by atoms with Crippen molar-refractivity contribution in [1.82, 2.24) is 10.6 Å². The molecule has 11 nitrogen and oxygen atoms in total. The number of benzene rings is 4. The Labute approximate surface area is 243 Å². The number of nitrogens with one attached hydrogen (secondary N) is 10. The first-order valence-corrected chi connectivity index (χ1v) is 13.0. The molecule has 4 rings (SSSR count). The second-order valence-electron chi connectivity index (χ2n) is 9.14. The van der Waals surface area contributed by atoms with Crippen molar-refractivity contribution in [3.05, 3.63) is 119 Å². The fourth-order valence-electron chi connectivity index (χ4n) is 3.90. The van der Waals surface area contributed by atoms with Crippen molar-refractivity contribution in [1.29, 1.82) is 21.6 Å². The maximum absolute atomic E-state index is 12.4. The number of anilines is 4. The Morgan fingerprint density at radius 2 is 0.643 bits per heavy atom. The van der Waals surface area contributed by atoms with E-state index in [1.54, 1.807) is 86.9 Å². The van der Waals surface area contributed by atoms with Crippen LogP contribution in [0.2, 0.25) is 0 Å². The van der Waals surface area contributed by atoms with Gasteiger partial charge in [-0.15, -0.1) is 0 Å². The quantitative estimate of drug-likeness (QED) is 0.103. The van der Waals surface area contributed by atoms with Crippen molar-refractivity contribution in [2.75, 3.05) is 35.4 Å². The summed E-state index contributed by atoms with van der Waals surface area (Å²) < 4.78 is 0. The molecular weight excluding hydrogens is 528 g/mol. The van der Waals surface area contributed by atoms with Gasteiger partial charge in [0.2, 0.25) is 0 Å². The van der Waals surface area contributed by atoms with Crippen LogP contribution in [0.3, 0.4) is 0 Å². The van der Waals surface area contributed by atoms with Gasteiger partial charge in [0, 0.05) is 59.1 Å². The molecule has 0 spiro atoms. The molecule has 11 heteroatoms. The van der Waals surface area contributed by atoms with Crippen molar-refractivity contribution in [2.45, 2.75) is 0 Å². The van der Waals surface area contributed by atoms with Gasteiger partial charge in [0.25, 0.3) is 0 Å². The van der Waals surface area contributed by atoms with Crippen molar-refractivity contribution in [2.24, 2.45) is 0 Å². The zero-order valence-corrected chi connectivity index (χ0v) is 23.1. The van der Waals surface area contributed by atoms with Crippen LogP contribution in [0.5, 0.6) is 0 Å². The first-order chi connectivity index (χ1) is 20.2. The summed E-state index contributed by atoms with van der Waals surface area (Å²) >= 11 is 0. The third-order valence-electron chi connectivity index (χ3n) is 6.25. The molecule has 4 aromatic carbocycles. The third kappa shape index (κ3) is 7.57.